The molecule has 0 bridgehead atoms. The first-order valence-electron chi connectivity index (χ1n) is 12.3. The van der Waals surface area contributed by atoms with Gasteiger partial charge in [0.2, 0.25) is 11.7 Å². The number of benzene rings is 2. The van der Waals surface area contributed by atoms with E-state index in [2.05, 4.69) is 15.6 Å². The number of aromatic nitrogens is 1. The zero-order valence-corrected chi connectivity index (χ0v) is 20.7. The van der Waals surface area contributed by atoms with Crippen molar-refractivity contribution in [2.75, 3.05) is 13.1 Å². The van der Waals surface area contributed by atoms with Crippen molar-refractivity contribution in [3.63, 3.8) is 0 Å². The Morgan fingerprint density at radius 3 is 2.13 bits per heavy atom. The van der Waals surface area contributed by atoms with Gasteiger partial charge in [-0.1, -0.05) is 18.2 Å². The van der Waals surface area contributed by atoms with Crippen LogP contribution in [0.4, 0.5) is 13.2 Å². The van der Waals surface area contributed by atoms with Gasteiger partial charge in [0.25, 0.3) is 11.8 Å². The molecule has 0 saturated heterocycles. The number of amides is 2. The van der Waals surface area contributed by atoms with E-state index in [0.717, 1.165) is 0 Å². The molecule has 0 radical (unpaired) electrons. The largest absolute Gasteiger partial charge is 0.490 e. The Kier molecular flexibility index (Phi) is 8.52. The van der Waals surface area contributed by atoms with Gasteiger partial charge in [0.15, 0.2) is 5.69 Å². The summed E-state index contributed by atoms with van der Waals surface area (Å²) >= 11 is 0. The number of carboxylic acid groups (broad SMARTS) is 1. The highest BCUT2D eigenvalue weighted by molar-refractivity contribution is 5.95. The van der Waals surface area contributed by atoms with Gasteiger partial charge in [0, 0.05) is 24.2 Å². The van der Waals surface area contributed by atoms with Crippen LogP contribution in [0.5, 0.6) is 5.75 Å². The Bertz CT molecular complexity index is 1300. The van der Waals surface area contributed by atoms with E-state index in [4.69, 9.17) is 14.3 Å². The Balaban J connectivity index is 1.26. The molecule has 9 nitrogen and oxygen atoms in total. The summed E-state index contributed by atoms with van der Waals surface area (Å²) < 4.78 is 51.0. The number of oxazole rings is 1. The normalized spacial score (nSPS) is 17.3. The molecule has 1 saturated carbocycles. The quantitative estimate of drug-likeness (QED) is 0.337. The molecule has 39 heavy (non-hydrogen) atoms. The number of carboxylic acids is 1. The third-order valence-electron chi connectivity index (χ3n) is 6.26. The lowest BCUT2D eigenvalue weighted by Gasteiger charge is -2.26. The molecule has 12 heteroatoms. The van der Waals surface area contributed by atoms with Crippen molar-refractivity contribution in [1.82, 2.24) is 15.6 Å². The monoisotopic (exact) mass is 545 g/mol. The van der Waals surface area contributed by atoms with E-state index in [-0.39, 0.29) is 36.6 Å². The zero-order chi connectivity index (χ0) is 28.0. The summed E-state index contributed by atoms with van der Waals surface area (Å²) in [5.74, 6) is -3.93. The average Bonchev–Trinajstić information content (AvgIpc) is 3.39. The molecule has 0 atom stereocenters. The van der Waals surface area contributed by atoms with Crippen molar-refractivity contribution < 1.29 is 41.8 Å². The maximum Gasteiger partial charge on any atom is 0.452 e. The lowest BCUT2D eigenvalue weighted by atomic mass is 9.87. The summed E-state index contributed by atoms with van der Waals surface area (Å²) in [6.07, 6.45) is -2.63. The second-order valence-corrected chi connectivity index (χ2v) is 9.03. The topological polar surface area (TPSA) is 131 Å². The molecule has 1 aliphatic rings. The second kappa shape index (κ2) is 12.0. The van der Waals surface area contributed by atoms with Crippen LogP contribution in [0.15, 0.2) is 59.0 Å². The number of carbonyl (C=O) groups is 3. The summed E-state index contributed by atoms with van der Waals surface area (Å²) in [6.45, 7) is -0.185. The first-order valence-corrected chi connectivity index (χ1v) is 12.3. The molecule has 2 amide bonds. The number of carbonyl (C=O) groups excluding carboxylic acids is 2. The van der Waals surface area contributed by atoms with Gasteiger partial charge in [-0.3, -0.25) is 14.4 Å². The highest BCUT2D eigenvalue weighted by Crippen LogP contribution is 2.35. The number of halogens is 3. The zero-order valence-electron chi connectivity index (χ0n) is 20.7. The Morgan fingerprint density at radius 2 is 1.54 bits per heavy atom. The Labute approximate surface area is 221 Å². The minimum atomic E-state index is -4.92. The van der Waals surface area contributed by atoms with Crippen molar-refractivity contribution in [1.29, 1.82) is 0 Å². The molecule has 3 N–H and O–H groups in total. The van der Waals surface area contributed by atoms with Crippen LogP contribution in [0.2, 0.25) is 0 Å². The van der Waals surface area contributed by atoms with Crippen molar-refractivity contribution in [3.05, 3.63) is 71.6 Å². The number of nitrogens with zero attached hydrogens (tertiary/aromatic N) is 1. The van der Waals surface area contributed by atoms with Crippen molar-refractivity contribution >= 4 is 17.8 Å². The number of hydrogen-bond acceptors (Lipinski definition) is 6. The Hall–Kier alpha value is -4.35. The molecule has 0 aliphatic heterocycles. The van der Waals surface area contributed by atoms with Gasteiger partial charge in [-0.15, -0.1) is 0 Å². The number of aliphatic carboxylic acids is 1. The van der Waals surface area contributed by atoms with Crippen molar-refractivity contribution in [2.45, 2.75) is 38.0 Å². The van der Waals surface area contributed by atoms with E-state index < -0.39 is 35.4 Å². The maximum absolute atomic E-state index is 13.4. The fraction of sp³-hybridized carbons (Fsp3) is 0.333. The van der Waals surface area contributed by atoms with E-state index in [1.54, 1.807) is 42.5 Å². The number of hydrogen-bond donors (Lipinski definition) is 3. The molecule has 1 fully saturated rings. The minimum absolute atomic E-state index is 0.0413. The van der Waals surface area contributed by atoms with E-state index in [0.29, 0.717) is 37.0 Å². The second-order valence-electron chi connectivity index (χ2n) is 9.03. The molecule has 0 spiro atoms. The van der Waals surface area contributed by atoms with E-state index in [9.17, 15) is 27.6 Å². The predicted octanol–water partition coefficient (Wildman–Crippen LogP) is 4.54. The summed E-state index contributed by atoms with van der Waals surface area (Å²) in [5, 5.41) is 14.0. The SMILES string of the molecule is O=C(NCCNC(=O)c1nc(-c2ccccc2)oc1C(F)(F)F)c1ccc(O[C@H]2CC[C@@H](C(=O)O)CC2)cc1. The number of ether oxygens (including phenoxy) is 1. The molecule has 1 aromatic heterocycles. The lowest BCUT2D eigenvalue weighted by molar-refractivity contribution is -0.153. The molecule has 1 aliphatic carbocycles. The van der Waals surface area contributed by atoms with Crippen LogP contribution in [-0.2, 0) is 11.0 Å². The fourth-order valence-corrected chi connectivity index (χ4v) is 4.21. The van der Waals surface area contributed by atoms with E-state index in [1.165, 1.54) is 12.1 Å². The first kappa shape index (κ1) is 27.7. The fourth-order valence-electron chi connectivity index (χ4n) is 4.21. The highest BCUT2D eigenvalue weighted by atomic mass is 19.4. The van der Waals surface area contributed by atoms with Crippen molar-refractivity contribution in [2.24, 2.45) is 5.92 Å². The van der Waals surface area contributed by atoms with Crippen molar-refractivity contribution in [3.8, 4) is 17.2 Å². The van der Waals surface area contributed by atoms with Crippen LogP contribution >= 0.6 is 0 Å². The summed E-state index contributed by atoms with van der Waals surface area (Å²) in [6, 6.07) is 14.3. The van der Waals surface area contributed by atoms with Gasteiger partial charge in [-0.25, -0.2) is 4.98 Å². The summed E-state index contributed by atoms with van der Waals surface area (Å²) in [7, 11) is 0. The summed E-state index contributed by atoms with van der Waals surface area (Å²) in [5.41, 5.74) is -0.275. The smallest absolute Gasteiger partial charge is 0.452 e. The number of nitrogens with one attached hydrogen (secondary N) is 2. The van der Waals surface area contributed by atoms with Gasteiger partial charge in [0.1, 0.15) is 5.75 Å². The molecule has 0 unspecified atom stereocenters. The molecule has 3 aromatic rings. The molecule has 206 valence electrons. The van der Waals surface area contributed by atoms with Crippen LogP contribution in [0, 0.1) is 5.92 Å². The van der Waals surface area contributed by atoms with Crippen LogP contribution in [-0.4, -0.2) is 47.1 Å². The molecule has 2 aromatic carbocycles. The first-order chi connectivity index (χ1) is 18.6. The number of alkyl halides is 3. The molecule has 4 rings (SSSR count). The summed E-state index contributed by atoms with van der Waals surface area (Å²) in [4.78, 5) is 39.7. The van der Waals surface area contributed by atoms with E-state index in [1.807, 2.05) is 0 Å². The van der Waals surface area contributed by atoms with Gasteiger partial charge in [-0.05, 0) is 62.1 Å². The third-order valence-corrected chi connectivity index (χ3v) is 6.26. The lowest BCUT2D eigenvalue weighted by Crippen LogP contribution is -2.35. The maximum atomic E-state index is 13.4. The van der Waals surface area contributed by atoms with Crippen LogP contribution in [0.3, 0.4) is 0 Å². The van der Waals surface area contributed by atoms with Crippen LogP contribution < -0.4 is 15.4 Å². The third kappa shape index (κ3) is 7.15. The molecular weight excluding hydrogens is 519 g/mol. The standard InChI is InChI=1S/C27H26F3N3O6/c28-27(29,30)22-21(33-25(39-22)17-4-2-1-3-5-17)24(35)32-15-14-31-23(34)16-6-10-19(11-7-16)38-20-12-8-18(9-13-20)26(36)37/h1-7,10-11,18,20H,8-9,12-15H2,(H,31,34)(H,32,35)(H,36,37)/t18-,20+. The van der Waals surface area contributed by atoms with Crippen LogP contribution in [0.1, 0.15) is 52.3 Å². The predicted molar refractivity (Wildman–Crippen MR) is 132 cm³/mol. The van der Waals surface area contributed by atoms with E-state index >= 15 is 0 Å². The number of rotatable bonds is 9. The average molecular weight is 546 g/mol. The van der Waals surface area contributed by atoms with Gasteiger partial charge in [-0.2, -0.15) is 13.2 Å². The highest BCUT2D eigenvalue weighted by Gasteiger charge is 2.41. The van der Waals surface area contributed by atoms with Crippen LogP contribution in [0.25, 0.3) is 11.5 Å². The van der Waals surface area contributed by atoms with Gasteiger partial charge < -0.3 is 24.9 Å². The minimum Gasteiger partial charge on any atom is -0.490 e. The molecule has 1 heterocycles. The van der Waals surface area contributed by atoms with Gasteiger partial charge >= 0.3 is 12.1 Å². The van der Waals surface area contributed by atoms with Gasteiger partial charge in [0.05, 0.1) is 12.0 Å². The Morgan fingerprint density at radius 1 is 0.923 bits per heavy atom. The molecular formula is C27H26F3N3O6.